The normalized spacial score (nSPS) is 16.7. The molecule has 0 amide bonds. The van der Waals surface area contributed by atoms with Crippen LogP contribution in [0.2, 0.25) is 5.02 Å². The summed E-state index contributed by atoms with van der Waals surface area (Å²) >= 11 is 6.35. The van der Waals surface area contributed by atoms with E-state index in [2.05, 4.69) is 9.97 Å². The molecule has 0 unspecified atom stereocenters. The molecular weight excluding hydrogens is 553 g/mol. The van der Waals surface area contributed by atoms with Gasteiger partial charge in [0.25, 0.3) is 0 Å². The summed E-state index contributed by atoms with van der Waals surface area (Å²) < 4.78 is 28.5. The summed E-state index contributed by atoms with van der Waals surface area (Å²) in [5, 5.41) is 9.91. The summed E-state index contributed by atoms with van der Waals surface area (Å²) in [4.78, 5) is 37.4. The van der Waals surface area contributed by atoms with Crippen molar-refractivity contribution >= 4 is 40.0 Å². The molecule has 214 valence electrons. The highest BCUT2D eigenvalue weighted by Gasteiger charge is 2.34. The van der Waals surface area contributed by atoms with Crippen LogP contribution in [0.1, 0.15) is 30.1 Å². The number of ether oxygens (including phenoxy) is 2. The van der Waals surface area contributed by atoms with Gasteiger partial charge in [0.05, 0.1) is 36.2 Å². The van der Waals surface area contributed by atoms with Gasteiger partial charge in [-0.2, -0.15) is 0 Å². The Balaban J connectivity index is 1.59. The van der Waals surface area contributed by atoms with E-state index in [1.807, 2.05) is 30.8 Å². The zero-order chi connectivity index (χ0) is 29.4. The van der Waals surface area contributed by atoms with Crippen LogP contribution < -0.4 is 24.7 Å². The smallest absolute Gasteiger partial charge is 0.341 e. The molecule has 1 fully saturated rings. The van der Waals surface area contributed by atoms with E-state index in [9.17, 15) is 14.7 Å². The first-order chi connectivity index (χ1) is 19.6. The van der Waals surface area contributed by atoms with Crippen LogP contribution in [-0.2, 0) is 0 Å². The Hall–Kier alpha value is -4.38. The predicted octanol–water partition coefficient (Wildman–Crippen LogP) is 4.78. The first-order valence-electron chi connectivity index (χ1n) is 13.0. The quantitative estimate of drug-likeness (QED) is 0.314. The maximum absolute atomic E-state index is 15.8. The molecule has 1 aliphatic heterocycles. The third-order valence-corrected chi connectivity index (χ3v) is 7.64. The molecule has 0 spiro atoms. The molecule has 1 aromatic carbocycles. The number of aromatic nitrogens is 3. The number of methoxy groups -OCH3 is 1. The molecule has 10 nitrogen and oxygen atoms in total. The van der Waals surface area contributed by atoms with Gasteiger partial charge in [0, 0.05) is 44.0 Å². The van der Waals surface area contributed by atoms with Crippen molar-refractivity contribution in [3.8, 4) is 17.3 Å². The van der Waals surface area contributed by atoms with Gasteiger partial charge < -0.3 is 28.9 Å². The Morgan fingerprint density at radius 1 is 1.22 bits per heavy atom. The van der Waals surface area contributed by atoms with Crippen molar-refractivity contribution in [2.45, 2.75) is 31.8 Å². The fourth-order valence-electron chi connectivity index (χ4n) is 5.19. The summed E-state index contributed by atoms with van der Waals surface area (Å²) in [7, 11) is 5.20. The highest BCUT2D eigenvalue weighted by Crippen LogP contribution is 2.36. The predicted molar refractivity (Wildman–Crippen MR) is 155 cm³/mol. The van der Waals surface area contributed by atoms with Gasteiger partial charge in [-0.1, -0.05) is 11.6 Å². The number of aromatic carboxylic acids is 1. The van der Waals surface area contributed by atoms with Crippen LogP contribution in [0.15, 0.2) is 53.7 Å². The lowest BCUT2D eigenvalue weighted by atomic mass is 10.1. The zero-order valence-corrected chi connectivity index (χ0v) is 23.7. The number of halogens is 2. The van der Waals surface area contributed by atoms with E-state index in [1.54, 1.807) is 35.0 Å². The minimum atomic E-state index is -1.40. The molecule has 4 heterocycles. The lowest BCUT2D eigenvalue weighted by Crippen LogP contribution is -2.39. The van der Waals surface area contributed by atoms with Gasteiger partial charge in [0.1, 0.15) is 34.6 Å². The Labute approximate surface area is 240 Å². The van der Waals surface area contributed by atoms with Gasteiger partial charge >= 0.3 is 5.97 Å². The van der Waals surface area contributed by atoms with Gasteiger partial charge in [-0.25, -0.2) is 19.2 Å². The minimum Gasteiger partial charge on any atom is -0.495 e. The molecule has 1 N–H and O–H groups in total. The van der Waals surface area contributed by atoms with Crippen molar-refractivity contribution in [3.05, 3.63) is 75.5 Å². The number of hydrogen-bond acceptors (Lipinski definition) is 8. The lowest BCUT2D eigenvalue weighted by Gasteiger charge is -2.31. The number of carbonyl (C=O) groups is 1. The van der Waals surface area contributed by atoms with Gasteiger partial charge in [-0.15, -0.1) is 0 Å². The van der Waals surface area contributed by atoms with E-state index in [-0.39, 0.29) is 40.7 Å². The molecule has 41 heavy (non-hydrogen) atoms. The Kier molecular flexibility index (Phi) is 7.72. The molecule has 1 aliphatic rings. The standard InChI is InChI=1S/C29H29ClFN5O5/c1-16-5-6-18(15-41-28-26(30)24(40-4)9-10-32-28)36(16)23-12-22-19(11-21(23)31)27(37)20(29(38)39)14-35(22)17-7-8-25(33-13-17)34(2)3/h7-14,16,18H,5-6,15H2,1-4H3,(H,38,39)/t16-,18-/m1/s1. The van der Waals surface area contributed by atoms with Gasteiger partial charge in [-0.3, -0.25) is 4.79 Å². The van der Waals surface area contributed by atoms with E-state index in [1.165, 1.54) is 19.5 Å². The number of hydrogen-bond donors (Lipinski definition) is 1. The first kappa shape index (κ1) is 28.2. The number of benzene rings is 1. The van der Waals surface area contributed by atoms with Crippen molar-refractivity contribution in [3.63, 3.8) is 0 Å². The van der Waals surface area contributed by atoms with E-state index >= 15 is 4.39 Å². The maximum Gasteiger partial charge on any atom is 0.341 e. The largest absolute Gasteiger partial charge is 0.495 e. The molecule has 12 heteroatoms. The second-order valence-electron chi connectivity index (χ2n) is 10.1. The topological polar surface area (TPSA) is 110 Å². The molecule has 0 saturated carbocycles. The summed E-state index contributed by atoms with van der Waals surface area (Å²) in [6.45, 7) is 2.17. The Morgan fingerprint density at radius 3 is 2.66 bits per heavy atom. The van der Waals surface area contributed by atoms with Gasteiger partial charge in [-0.05, 0) is 44.0 Å². The lowest BCUT2D eigenvalue weighted by molar-refractivity contribution is 0.0695. The van der Waals surface area contributed by atoms with Crippen LogP contribution in [-0.4, -0.2) is 65.5 Å². The van der Waals surface area contributed by atoms with Crippen molar-refractivity contribution in [2.24, 2.45) is 0 Å². The zero-order valence-electron chi connectivity index (χ0n) is 23.0. The molecule has 1 saturated heterocycles. The van der Waals surface area contributed by atoms with Crippen molar-refractivity contribution in [1.82, 2.24) is 14.5 Å². The molecule has 4 aromatic rings. The molecule has 0 aliphatic carbocycles. The van der Waals surface area contributed by atoms with Crippen LogP contribution in [0.4, 0.5) is 15.9 Å². The SMILES string of the molecule is COc1ccnc(OC[C@H]2CC[C@@H](C)N2c2cc3c(cc2F)c(=O)c(C(=O)O)cn3-c2ccc(N(C)C)nc2)c1Cl. The van der Waals surface area contributed by atoms with Crippen molar-refractivity contribution in [2.75, 3.05) is 37.6 Å². The number of carboxylic acids is 1. The van der Waals surface area contributed by atoms with E-state index in [4.69, 9.17) is 21.1 Å². The molecule has 0 bridgehead atoms. The number of rotatable bonds is 8. The van der Waals surface area contributed by atoms with Crippen LogP contribution in [0.3, 0.4) is 0 Å². The minimum absolute atomic E-state index is 0.0382. The van der Waals surface area contributed by atoms with Crippen molar-refractivity contribution < 1.29 is 23.8 Å². The molecular formula is C29H29ClFN5O5. The summed E-state index contributed by atoms with van der Waals surface area (Å²) in [5.41, 5.74) is -0.0827. The Morgan fingerprint density at radius 2 is 2.00 bits per heavy atom. The van der Waals surface area contributed by atoms with Crippen LogP contribution >= 0.6 is 11.6 Å². The average Bonchev–Trinajstić information content (AvgIpc) is 3.32. The number of carboxylic acid groups (broad SMARTS) is 1. The number of pyridine rings is 3. The number of nitrogens with zero attached hydrogens (tertiary/aromatic N) is 5. The highest BCUT2D eigenvalue weighted by atomic mass is 35.5. The molecule has 2 atom stereocenters. The average molecular weight is 582 g/mol. The van der Waals surface area contributed by atoms with Crippen molar-refractivity contribution in [1.29, 1.82) is 0 Å². The number of anilines is 2. The van der Waals surface area contributed by atoms with Gasteiger partial charge in [0.15, 0.2) is 0 Å². The van der Waals surface area contributed by atoms with Crippen LogP contribution in [0.5, 0.6) is 11.6 Å². The fourth-order valence-corrected chi connectivity index (χ4v) is 5.44. The summed E-state index contributed by atoms with van der Waals surface area (Å²) in [6.07, 6.45) is 5.87. The second-order valence-corrected chi connectivity index (χ2v) is 10.4. The highest BCUT2D eigenvalue weighted by molar-refractivity contribution is 6.33. The molecule has 0 radical (unpaired) electrons. The Bertz CT molecular complexity index is 1680. The van der Waals surface area contributed by atoms with Crippen LogP contribution in [0, 0.1) is 5.82 Å². The fraction of sp³-hybridized carbons (Fsp3) is 0.310. The summed E-state index contributed by atoms with van der Waals surface area (Å²) in [5.74, 6) is -0.693. The van der Waals surface area contributed by atoms with Gasteiger partial charge in [0.2, 0.25) is 11.3 Å². The van der Waals surface area contributed by atoms with Crippen LogP contribution in [0.25, 0.3) is 16.6 Å². The third kappa shape index (κ3) is 5.24. The first-order valence-corrected chi connectivity index (χ1v) is 13.3. The molecule has 3 aromatic heterocycles. The number of fused-ring (bicyclic) bond motifs is 1. The third-order valence-electron chi connectivity index (χ3n) is 7.29. The summed E-state index contributed by atoms with van der Waals surface area (Å²) in [6, 6.07) is 7.61. The maximum atomic E-state index is 15.8. The second kappa shape index (κ2) is 11.2. The molecule has 5 rings (SSSR count). The van der Waals surface area contributed by atoms with E-state index in [0.29, 0.717) is 22.8 Å². The van der Waals surface area contributed by atoms with E-state index in [0.717, 1.165) is 18.9 Å². The van der Waals surface area contributed by atoms with E-state index < -0.39 is 22.8 Å². The monoisotopic (exact) mass is 581 g/mol.